The van der Waals surface area contributed by atoms with Crippen LogP contribution in [-0.2, 0) is 22.1 Å². The predicted molar refractivity (Wildman–Crippen MR) is 91.6 cm³/mol. The number of aryl methyl sites for hydroxylation is 1. The van der Waals surface area contributed by atoms with E-state index in [4.69, 9.17) is 0 Å². The summed E-state index contributed by atoms with van der Waals surface area (Å²) in [5.74, 6) is -0.463. The van der Waals surface area contributed by atoms with E-state index in [2.05, 4.69) is 15.2 Å². The van der Waals surface area contributed by atoms with Gasteiger partial charge in [-0.1, -0.05) is 6.07 Å². The van der Waals surface area contributed by atoms with Crippen molar-refractivity contribution in [1.82, 2.24) is 15.1 Å². The van der Waals surface area contributed by atoms with Crippen molar-refractivity contribution in [3.8, 4) is 5.69 Å². The number of alkyl halides is 6. The van der Waals surface area contributed by atoms with Crippen molar-refractivity contribution >= 4 is 5.91 Å². The Morgan fingerprint density at radius 3 is 2.48 bits per heavy atom. The molecule has 0 saturated heterocycles. The van der Waals surface area contributed by atoms with Gasteiger partial charge in [0.2, 0.25) is 5.91 Å². The minimum absolute atomic E-state index is 0.102. The quantitative estimate of drug-likeness (QED) is 0.545. The number of rotatable bonds is 7. The number of amides is 1. The summed E-state index contributed by atoms with van der Waals surface area (Å²) in [5.41, 5.74) is 0.859. The fourth-order valence-corrected chi connectivity index (χ4v) is 2.67. The molecule has 0 fully saturated rings. The van der Waals surface area contributed by atoms with E-state index in [0.29, 0.717) is 17.0 Å². The van der Waals surface area contributed by atoms with Gasteiger partial charge in [0.15, 0.2) is 0 Å². The number of hydrogen-bond donors (Lipinski definition) is 1. The zero-order valence-electron chi connectivity index (χ0n) is 15.6. The molecule has 29 heavy (non-hydrogen) atoms. The fraction of sp³-hybridized carbons (Fsp3) is 0.444. The number of halogens is 6. The molecular formula is C18H19F6N3O2. The van der Waals surface area contributed by atoms with Gasteiger partial charge < -0.3 is 10.1 Å². The zero-order chi connectivity index (χ0) is 21.8. The second-order valence-electron chi connectivity index (χ2n) is 6.30. The van der Waals surface area contributed by atoms with Crippen LogP contribution in [0.5, 0.6) is 0 Å². The third kappa shape index (κ3) is 6.48. The van der Waals surface area contributed by atoms with Gasteiger partial charge >= 0.3 is 12.4 Å². The summed E-state index contributed by atoms with van der Waals surface area (Å²) in [6.07, 6.45) is -9.05. The molecule has 160 valence electrons. The maximum absolute atomic E-state index is 12.9. The molecule has 5 nitrogen and oxygen atoms in total. The topological polar surface area (TPSA) is 56.2 Å². The van der Waals surface area contributed by atoms with Crippen LogP contribution in [0.25, 0.3) is 5.69 Å². The largest absolute Gasteiger partial charge is 0.416 e. The normalized spacial score (nSPS) is 12.3. The highest BCUT2D eigenvalue weighted by atomic mass is 19.4. The maximum atomic E-state index is 12.9. The molecule has 0 aliphatic rings. The molecule has 1 aromatic heterocycles. The van der Waals surface area contributed by atoms with Crippen molar-refractivity contribution in [2.24, 2.45) is 0 Å². The minimum atomic E-state index is -4.50. The van der Waals surface area contributed by atoms with Gasteiger partial charge in [0.25, 0.3) is 0 Å². The monoisotopic (exact) mass is 423 g/mol. The van der Waals surface area contributed by atoms with Crippen LogP contribution in [0.3, 0.4) is 0 Å². The number of nitrogens with one attached hydrogen (secondary N) is 1. The zero-order valence-corrected chi connectivity index (χ0v) is 15.6. The highest BCUT2D eigenvalue weighted by Gasteiger charge is 2.31. The first-order chi connectivity index (χ1) is 13.4. The number of aromatic nitrogens is 2. The Morgan fingerprint density at radius 2 is 1.86 bits per heavy atom. The van der Waals surface area contributed by atoms with E-state index in [1.165, 1.54) is 16.8 Å². The second kappa shape index (κ2) is 8.85. The highest BCUT2D eigenvalue weighted by Crippen LogP contribution is 2.30. The molecule has 0 atom stereocenters. The lowest BCUT2D eigenvalue weighted by molar-refractivity contribution is -0.173. The fourth-order valence-electron chi connectivity index (χ4n) is 2.67. The van der Waals surface area contributed by atoms with Crippen molar-refractivity contribution in [2.75, 3.05) is 19.8 Å². The standard InChI is InChI=1S/C18H19F6N3O2/c1-11-15(9-16(28)25-6-7-29-10-17(19,20)21)12(2)27(26-11)14-5-3-4-13(8-14)18(22,23)24/h3-5,8H,6-7,9-10H2,1-2H3,(H,25,28). The van der Waals surface area contributed by atoms with Gasteiger partial charge in [0.1, 0.15) is 6.61 Å². The maximum Gasteiger partial charge on any atom is 0.416 e. The number of nitrogens with zero attached hydrogens (tertiary/aromatic N) is 2. The third-order valence-corrected chi connectivity index (χ3v) is 4.03. The lowest BCUT2D eigenvalue weighted by atomic mass is 10.1. The molecule has 0 spiro atoms. The highest BCUT2D eigenvalue weighted by molar-refractivity contribution is 5.79. The molecular weight excluding hydrogens is 404 g/mol. The van der Waals surface area contributed by atoms with Gasteiger partial charge in [-0.2, -0.15) is 31.4 Å². The van der Waals surface area contributed by atoms with Crippen LogP contribution in [-0.4, -0.2) is 41.6 Å². The van der Waals surface area contributed by atoms with Crippen molar-refractivity contribution in [2.45, 2.75) is 32.6 Å². The lowest BCUT2D eigenvalue weighted by Crippen LogP contribution is -2.30. The molecule has 11 heteroatoms. The van der Waals surface area contributed by atoms with Gasteiger partial charge in [-0.15, -0.1) is 0 Å². The van der Waals surface area contributed by atoms with E-state index in [1.807, 2.05) is 0 Å². The lowest BCUT2D eigenvalue weighted by Gasteiger charge is -2.10. The van der Waals surface area contributed by atoms with E-state index in [1.54, 1.807) is 13.8 Å². The van der Waals surface area contributed by atoms with Gasteiger partial charge in [-0.05, 0) is 32.0 Å². The van der Waals surface area contributed by atoms with E-state index in [9.17, 15) is 31.1 Å². The van der Waals surface area contributed by atoms with E-state index in [0.717, 1.165) is 12.1 Å². The number of carbonyl (C=O) groups excluding carboxylic acids is 1. The first-order valence-electron chi connectivity index (χ1n) is 8.52. The van der Waals surface area contributed by atoms with Crippen LogP contribution in [0.2, 0.25) is 0 Å². The molecule has 0 aliphatic heterocycles. The Morgan fingerprint density at radius 1 is 1.17 bits per heavy atom. The number of benzene rings is 1. The summed E-state index contributed by atoms with van der Waals surface area (Å²) in [7, 11) is 0. The number of hydrogen-bond acceptors (Lipinski definition) is 3. The second-order valence-corrected chi connectivity index (χ2v) is 6.30. The van der Waals surface area contributed by atoms with Gasteiger partial charge in [-0.25, -0.2) is 4.68 Å². The average molecular weight is 423 g/mol. The summed E-state index contributed by atoms with van der Waals surface area (Å²) < 4.78 is 80.4. The summed E-state index contributed by atoms with van der Waals surface area (Å²) in [5, 5.41) is 6.65. The Kier molecular flexibility index (Phi) is 6.93. The average Bonchev–Trinajstić information content (AvgIpc) is 2.88. The predicted octanol–water partition coefficient (Wildman–Crippen LogP) is 3.75. The molecule has 1 amide bonds. The SMILES string of the molecule is Cc1nn(-c2cccc(C(F)(F)F)c2)c(C)c1CC(=O)NCCOCC(F)(F)F. The Labute approximate surface area is 162 Å². The molecule has 0 aliphatic carbocycles. The number of carbonyl (C=O) groups is 1. The first kappa shape index (κ1) is 22.7. The minimum Gasteiger partial charge on any atom is -0.370 e. The Bertz CT molecular complexity index is 858. The van der Waals surface area contributed by atoms with Crippen LogP contribution in [0, 0.1) is 13.8 Å². The van der Waals surface area contributed by atoms with Crippen LogP contribution in [0.15, 0.2) is 24.3 Å². The van der Waals surface area contributed by atoms with Crippen molar-refractivity contribution < 1.29 is 35.9 Å². The van der Waals surface area contributed by atoms with Crippen molar-refractivity contribution in [3.05, 3.63) is 46.8 Å². The molecule has 2 aromatic rings. The molecule has 0 radical (unpaired) electrons. The van der Waals surface area contributed by atoms with E-state index < -0.39 is 30.4 Å². The Hall–Kier alpha value is -2.56. The molecule has 2 rings (SSSR count). The van der Waals surface area contributed by atoms with Gasteiger partial charge in [-0.3, -0.25) is 4.79 Å². The molecule has 0 unspecified atom stereocenters. The molecule has 1 heterocycles. The van der Waals surface area contributed by atoms with E-state index in [-0.39, 0.29) is 25.3 Å². The Balaban J connectivity index is 2.04. The van der Waals surface area contributed by atoms with Gasteiger partial charge in [0.05, 0.1) is 30.0 Å². The van der Waals surface area contributed by atoms with Gasteiger partial charge in [0, 0.05) is 17.8 Å². The van der Waals surface area contributed by atoms with Crippen molar-refractivity contribution in [3.63, 3.8) is 0 Å². The summed E-state index contributed by atoms with van der Waals surface area (Å²) in [6.45, 7) is 1.44. The summed E-state index contributed by atoms with van der Waals surface area (Å²) in [4.78, 5) is 12.0. The third-order valence-electron chi connectivity index (χ3n) is 4.03. The molecule has 1 N–H and O–H groups in total. The van der Waals surface area contributed by atoms with Crippen LogP contribution < -0.4 is 5.32 Å². The summed E-state index contributed by atoms with van der Waals surface area (Å²) >= 11 is 0. The van der Waals surface area contributed by atoms with Crippen LogP contribution >= 0.6 is 0 Å². The molecule has 0 bridgehead atoms. The van der Waals surface area contributed by atoms with E-state index >= 15 is 0 Å². The summed E-state index contributed by atoms with van der Waals surface area (Å²) in [6, 6.07) is 4.64. The smallest absolute Gasteiger partial charge is 0.370 e. The van der Waals surface area contributed by atoms with Crippen molar-refractivity contribution in [1.29, 1.82) is 0 Å². The van der Waals surface area contributed by atoms with Crippen LogP contribution in [0.1, 0.15) is 22.5 Å². The first-order valence-corrected chi connectivity index (χ1v) is 8.52. The molecule has 0 saturated carbocycles. The molecule has 1 aromatic carbocycles. The number of ether oxygens (including phenoxy) is 1. The van der Waals surface area contributed by atoms with Crippen LogP contribution in [0.4, 0.5) is 26.3 Å².